The summed E-state index contributed by atoms with van der Waals surface area (Å²) in [5.41, 5.74) is 6.69. The van der Waals surface area contributed by atoms with Crippen LogP contribution in [0.4, 0.5) is 0 Å². The highest BCUT2D eigenvalue weighted by Crippen LogP contribution is 2.30. The minimum Gasteiger partial charge on any atom is -0.508 e. The van der Waals surface area contributed by atoms with Crippen LogP contribution in [0.2, 0.25) is 0 Å². The molecule has 25 heavy (non-hydrogen) atoms. The molecule has 6 N–H and O–H groups in total. The average Bonchev–Trinajstić information content (AvgIpc) is 3.02. The quantitative estimate of drug-likeness (QED) is 0.465. The molecule has 0 aliphatic heterocycles. The van der Waals surface area contributed by atoms with Gasteiger partial charge in [0.15, 0.2) is 0 Å². The fourth-order valence-electron chi connectivity index (χ4n) is 2.59. The molecule has 1 amide bonds. The summed E-state index contributed by atoms with van der Waals surface area (Å²) in [5, 5.41) is 31.5. The van der Waals surface area contributed by atoms with Gasteiger partial charge in [0.1, 0.15) is 11.5 Å². The van der Waals surface area contributed by atoms with Crippen LogP contribution in [0.3, 0.4) is 0 Å². The fourth-order valence-corrected chi connectivity index (χ4v) is 2.59. The van der Waals surface area contributed by atoms with E-state index in [2.05, 4.69) is 10.3 Å². The van der Waals surface area contributed by atoms with Gasteiger partial charge in [-0.3, -0.25) is 4.79 Å². The summed E-state index contributed by atoms with van der Waals surface area (Å²) in [5.74, 6) is -0.202. The maximum atomic E-state index is 11.6. The molecule has 0 saturated carbocycles. The minimum atomic E-state index is -0.431. The van der Waals surface area contributed by atoms with Crippen LogP contribution in [-0.4, -0.2) is 50.0 Å². The highest BCUT2D eigenvalue weighted by Gasteiger charge is 2.16. The summed E-state index contributed by atoms with van der Waals surface area (Å²) in [7, 11) is 0. The first-order valence-corrected chi connectivity index (χ1v) is 8.09. The SMILES string of the molecule is CC(c1ccc(O)cc1O)n1cnc(CC(CO)NC(=O)CCN)c1. The van der Waals surface area contributed by atoms with Crippen molar-refractivity contribution in [1.82, 2.24) is 14.9 Å². The maximum Gasteiger partial charge on any atom is 0.221 e. The zero-order chi connectivity index (χ0) is 18.4. The third kappa shape index (κ3) is 4.94. The lowest BCUT2D eigenvalue weighted by atomic mass is 10.1. The molecule has 136 valence electrons. The highest BCUT2D eigenvalue weighted by molar-refractivity contribution is 5.76. The normalized spacial score (nSPS) is 13.4. The second kappa shape index (κ2) is 8.50. The Bertz CT molecular complexity index is 716. The fraction of sp³-hybridized carbons (Fsp3) is 0.412. The summed E-state index contributed by atoms with van der Waals surface area (Å²) >= 11 is 0. The summed E-state index contributed by atoms with van der Waals surface area (Å²) < 4.78 is 1.82. The first-order valence-electron chi connectivity index (χ1n) is 8.09. The van der Waals surface area contributed by atoms with Gasteiger partial charge in [-0.05, 0) is 19.1 Å². The Morgan fingerprint density at radius 2 is 2.16 bits per heavy atom. The van der Waals surface area contributed by atoms with Crippen molar-refractivity contribution in [2.24, 2.45) is 5.73 Å². The van der Waals surface area contributed by atoms with E-state index in [9.17, 15) is 20.1 Å². The number of aliphatic hydroxyl groups is 1. The van der Waals surface area contributed by atoms with Gasteiger partial charge in [0.05, 0.1) is 30.7 Å². The Kier molecular flexibility index (Phi) is 6.37. The molecule has 2 aromatic rings. The number of phenolic OH excluding ortho intramolecular Hbond substituents is 2. The topological polar surface area (TPSA) is 134 Å². The van der Waals surface area contributed by atoms with Crippen molar-refractivity contribution < 1.29 is 20.1 Å². The molecular weight excluding hydrogens is 324 g/mol. The summed E-state index contributed by atoms with van der Waals surface area (Å²) in [6.07, 6.45) is 4.02. The first-order chi connectivity index (χ1) is 11.9. The van der Waals surface area contributed by atoms with Gasteiger partial charge in [-0.15, -0.1) is 0 Å². The number of nitrogens with zero attached hydrogens (tertiary/aromatic N) is 2. The number of carbonyl (C=O) groups excluding carboxylic acids is 1. The first kappa shape index (κ1) is 18.8. The molecule has 0 aliphatic rings. The number of hydrogen-bond donors (Lipinski definition) is 5. The van der Waals surface area contributed by atoms with Gasteiger partial charge in [-0.25, -0.2) is 4.98 Å². The van der Waals surface area contributed by atoms with E-state index in [4.69, 9.17) is 5.73 Å². The molecule has 8 heteroatoms. The standard InChI is InChI=1S/C17H24N4O4/c1-11(15-3-2-14(23)7-16(15)24)21-8-12(19-10-21)6-13(9-22)20-17(25)4-5-18/h2-3,7-8,10-11,13,22-24H,4-6,9,18H2,1H3,(H,20,25). The Balaban J connectivity index is 2.06. The van der Waals surface area contributed by atoms with E-state index in [1.165, 1.54) is 12.1 Å². The Labute approximate surface area is 145 Å². The molecule has 0 saturated heterocycles. The molecule has 0 aliphatic carbocycles. The number of carbonyl (C=O) groups is 1. The summed E-state index contributed by atoms with van der Waals surface area (Å²) in [6.45, 7) is 1.95. The molecule has 2 atom stereocenters. The lowest BCUT2D eigenvalue weighted by molar-refractivity contribution is -0.121. The second-order valence-corrected chi connectivity index (χ2v) is 5.92. The van der Waals surface area contributed by atoms with Crippen LogP contribution < -0.4 is 11.1 Å². The molecule has 0 bridgehead atoms. The predicted molar refractivity (Wildman–Crippen MR) is 92.2 cm³/mol. The minimum absolute atomic E-state index is 0.00113. The van der Waals surface area contributed by atoms with Gasteiger partial charge in [0.2, 0.25) is 5.91 Å². The number of imidazole rings is 1. The van der Waals surface area contributed by atoms with Gasteiger partial charge in [0.25, 0.3) is 0 Å². The molecule has 0 fully saturated rings. The number of aliphatic hydroxyl groups excluding tert-OH is 1. The van der Waals surface area contributed by atoms with E-state index in [0.717, 1.165) is 0 Å². The zero-order valence-corrected chi connectivity index (χ0v) is 14.1. The Hall–Kier alpha value is -2.58. The molecule has 1 aromatic carbocycles. The van der Waals surface area contributed by atoms with E-state index in [-0.39, 0.29) is 43.0 Å². The maximum absolute atomic E-state index is 11.6. The number of phenols is 2. The van der Waals surface area contributed by atoms with E-state index < -0.39 is 6.04 Å². The van der Waals surface area contributed by atoms with Crippen molar-refractivity contribution in [3.63, 3.8) is 0 Å². The molecule has 1 aromatic heterocycles. The molecule has 8 nitrogen and oxygen atoms in total. The molecule has 0 spiro atoms. The largest absolute Gasteiger partial charge is 0.508 e. The van der Waals surface area contributed by atoms with Gasteiger partial charge < -0.3 is 30.9 Å². The van der Waals surface area contributed by atoms with Crippen molar-refractivity contribution in [3.8, 4) is 11.5 Å². The van der Waals surface area contributed by atoms with Gasteiger partial charge in [-0.2, -0.15) is 0 Å². The average molecular weight is 348 g/mol. The molecular formula is C17H24N4O4. The number of rotatable bonds is 8. The smallest absolute Gasteiger partial charge is 0.221 e. The van der Waals surface area contributed by atoms with Crippen LogP contribution >= 0.6 is 0 Å². The Morgan fingerprint density at radius 3 is 2.80 bits per heavy atom. The second-order valence-electron chi connectivity index (χ2n) is 5.92. The highest BCUT2D eigenvalue weighted by atomic mass is 16.3. The number of aromatic hydroxyl groups is 2. The number of benzene rings is 1. The van der Waals surface area contributed by atoms with Crippen LogP contribution in [0.5, 0.6) is 11.5 Å². The van der Waals surface area contributed by atoms with E-state index in [1.54, 1.807) is 18.6 Å². The number of nitrogens with two attached hydrogens (primary N) is 1. The van der Waals surface area contributed by atoms with E-state index >= 15 is 0 Å². The number of nitrogens with one attached hydrogen (secondary N) is 1. The van der Waals surface area contributed by atoms with Gasteiger partial charge in [0, 0.05) is 37.2 Å². The van der Waals surface area contributed by atoms with Crippen molar-refractivity contribution in [2.75, 3.05) is 13.2 Å². The third-order valence-corrected chi connectivity index (χ3v) is 3.98. The van der Waals surface area contributed by atoms with Gasteiger partial charge >= 0.3 is 0 Å². The van der Waals surface area contributed by atoms with Crippen molar-refractivity contribution in [1.29, 1.82) is 0 Å². The molecule has 1 heterocycles. The van der Waals surface area contributed by atoms with Gasteiger partial charge in [-0.1, -0.05) is 0 Å². The number of hydrogen-bond acceptors (Lipinski definition) is 6. The molecule has 2 rings (SSSR count). The van der Waals surface area contributed by atoms with Crippen LogP contribution in [0.15, 0.2) is 30.7 Å². The van der Waals surface area contributed by atoms with Crippen molar-refractivity contribution in [3.05, 3.63) is 42.0 Å². The lowest BCUT2D eigenvalue weighted by Gasteiger charge is -2.16. The van der Waals surface area contributed by atoms with Crippen LogP contribution in [0.1, 0.15) is 30.6 Å². The van der Waals surface area contributed by atoms with Crippen LogP contribution in [0.25, 0.3) is 0 Å². The zero-order valence-electron chi connectivity index (χ0n) is 14.1. The Morgan fingerprint density at radius 1 is 1.40 bits per heavy atom. The van der Waals surface area contributed by atoms with E-state index in [0.29, 0.717) is 17.7 Å². The van der Waals surface area contributed by atoms with Crippen LogP contribution in [0, 0.1) is 0 Å². The number of aromatic nitrogens is 2. The predicted octanol–water partition coefficient (Wildman–Crippen LogP) is 0.272. The summed E-state index contributed by atoms with van der Waals surface area (Å²) in [6, 6.07) is 3.83. The van der Waals surface area contributed by atoms with Crippen molar-refractivity contribution >= 4 is 5.91 Å². The lowest BCUT2D eigenvalue weighted by Crippen LogP contribution is -2.39. The van der Waals surface area contributed by atoms with Crippen molar-refractivity contribution in [2.45, 2.75) is 31.8 Å². The monoisotopic (exact) mass is 348 g/mol. The molecule has 0 radical (unpaired) electrons. The van der Waals surface area contributed by atoms with Crippen LogP contribution in [-0.2, 0) is 11.2 Å². The third-order valence-electron chi connectivity index (χ3n) is 3.98. The van der Waals surface area contributed by atoms with E-state index in [1.807, 2.05) is 11.5 Å². The molecule has 2 unspecified atom stereocenters. The summed E-state index contributed by atoms with van der Waals surface area (Å²) in [4.78, 5) is 15.9. The number of amides is 1.